The van der Waals surface area contributed by atoms with E-state index in [0.29, 0.717) is 12.6 Å². The smallest absolute Gasteiger partial charge is 0.238 e. The molecule has 0 unspecified atom stereocenters. The van der Waals surface area contributed by atoms with E-state index in [2.05, 4.69) is 18.9 Å². The maximum atomic E-state index is 11.6. The fourth-order valence-electron chi connectivity index (χ4n) is 2.99. The van der Waals surface area contributed by atoms with Crippen molar-refractivity contribution in [3.63, 3.8) is 0 Å². The second kappa shape index (κ2) is 6.24. The van der Waals surface area contributed by atoms with Gasteiger partial charge in [0, 0.05) is 12.6 Å². The predicted octanol–water partition coefficient (Wildman–Crippen LogP) is 2.34. The number of hydrogen-bond acceptors (Lipinski definition) is 3. The van der Waals surface area contributed by atoms with Crippen LogP contribution in [0, 0.1) is 5.92 Å². The molecule has 0 atom stereocenters. The number of primary sulfonamides is 1. The molecule has 0 aromatic heterocycles. The number of benzene rings is 1. The molecule has 0 amide bonds. The quantitative estimate of drug-likeness (QED) is 0.927. The predicted molar refractivity (Wildman–Crippen MR) is 80.7 cm³/mol. The van der Waals surface area contributed by atoms with Crippen molar-refractivity contribution >= 4 is 10.0 Å². The molecule has 1 aromatic rings. The van der Waals surface area contributed by atoms with E-state index in [-0.39, 0.29) is 4.90 Å². The van der Waals surface area contributed by atoms with E-state index in [1.54, 1.807) is 12.1 Å². The first-order chi connectivity index (χ1) is 9.38. The summed E-state index contributed by atoms with van der Waals surface area (Å²) in [5.41, 5.74) is 0.788. The molecule has 20 heavy (non-hydrogen) atoms. The van der Waals surface area contributed by atoms with Crippen molar-refractivity contribution in [1.29, 1.82) is 0 Å². The van der Waals surface area contributed by atoms with Gasteiger partial charge in [0.25, 0.3) is 0 Å². The third-order valence-corrected chi connectivity index (χ3v) is 5.32. The van der Waals surface area contributed by atoms with Gasteiger partial charge in [-0.3, -0.25) is 4.90 Å². The SMILES string of the molecule is CC1CCC(N(C)Cc2ccccc2S(N)(=O)=O)CC1. The lowest BCUT2D eigenvalue weighted by Gasteiger charge is -2.33. The van der Waals surface area contributed by atoms with Gasteiger partial charge in [0.2, 0.25) is 10.0 Å². The van der Waals surface area contributed by atoms with Crippen molar-refractivity contribution in [2.75, 3.05) is 7.05 Å². The largest absolute Gasteiger partial charge is 0.299 e. The van der Waals surface area contributed by atoms with Crippen LogP contribution in [0.1, 0.15) is 38.2 Å². The Labute approximate surface area is 122 Å². The van der Waals surface area contributed by atoms with Gasteiger partial charge in [-0.25, -0.2) is 13.6 Å². The minimum atomic E-state index is -3.65. The average Bonchev–Trinajstić information content (AvgIpc) is 2.38. The molecule has 1 fully saturated rings. The summed E-state index contributed by atoms with van der Waals surface area (Å²) in [7, 11) is -1.58. The summed E-state index contributed by atoms with van der Waals surface area (Å²) in [4.78, 5) is 2.51. The third kappa shape index (κ3) is 3.81. The minimum Gasteiger partial charge on any atom is -0.299 e. The minimum absolute atomic E-state index is 0.246. The molecule has 2 N–H and O–H groups in total. The molecule has 1 aliphatic carbocycles. The molecular weight excluding hydrogens is 272 g/mol. The first kappa shape index (κ1) is 15.5. The Kier molecular flexibility index (Phi) is 4.83. The van der Waals surface area contributed by atoms with Gasteiger partial charge in [0.15, 0.2) is 0 Å². The molecule has 112 valence electrons. The lowest BCUT2D eigenvalue weighted by atomic mass is 9.86. The van der Waals surface area contributed by atoms with Crippen molar-refractivity contribution in [1.82, 2.24) is 4.90 Å². The lowest BCUT2D eigenvalue weighted by Crippen LogP contribution is -2.34. The van der Waals surface area contributed by atoms with E-state index < -0.39 is 10.0 Å². The summed E-state index contributed by atoms with van der Waals surface area (Å²) in [5, 5.41) is 5.28. The number of rotatable bonds is 4. The maximum Gasteiger partial charge on any atom is 0.238 e. The van der Waals surface area contributed by atoms with Gasteiger partial charge in [0.05, 0.1) is 4.90 Å². The van der Waals surface area contributed by atoms with Crippen molar-refractivity contribution in [3.8, 4) is 0 Å². The second-order valence-corrected chi connectivity index (χ2v) is 7.51. The number of hydrogen-bond donors (Lipinski definition) is 1. The first-order valence-corrected chi connectivity index (χ1v) is 8.73. The van der Waals surface area contributed by atoms with Gasteiger partial charge in [-0.2, -0.15) is 0 Å². The summed E-state index contributed by atoms with van der Waals surface area (Å²) in [5.74, 6) is 0.816. The fourth-order valence-corrected chi connectivity index (χ4v) is 3.76. The Balaban J connectivity index is 2.10. The van der Waals surface area contributed by atoms with Crippen LogP contribution in [0.5, 0.6) is 0 Å². The van der Waals surface area contributed by atoms with Crippen LogP contribution in [0.25, 0.3) is 0 Å². The van der Waals surface area contributed by atoms with Gasteiger partial charge in [-0.15, -0.1) is 0 Å². The van der Waals surface area contributed by atoms with Crippen LogP contribution >= 0.6 is 0 Å². The molecule has 0 saturated heterocycles. The topological polar surface area (TPSA) is 63.4 Å². The molecule has 1 aliphatic rings. The first-order valence-electron chi connectivity index (χ1n) is 7.19. The number of nitrogens with two attached hydrogens (primary N) is 1. The average molecular weight is 296 g/mol. The normalized spacial score (nSPS) is 24.0. The fraction of sp³-hybridized carbons (Fsp3) is 0.600. The van der Waals surface area contributed by atoms with E-state index in [0.717, 1.165) is 11.5 Å². The van der Waals surface area contributed by atoms with Gasteiger partial charge in [0.1, 0.15) is 0 Å². The van der Waals surface area contributed by atoms with Crippen molar-refractivity contribution in [2.24, 2.45) is 11.1 Å². The molecule has 0 radical (unpaired) electrons. The zero-order chi connectivity index (χ0) is 14.8. The highest BCUT2D eigenvalue weighted by Gasteiger charge is 2.23. The van der Waals surface area contributed by atoms with Crippen LogP contribution in [-0.2, 0) is 16.6 Å². The molecule has 0 spiro atoms. The van der Waals surface area contributed by atoms with E-state index in [9.17, 15) is 8.42 Å². The Morgan fingerprint density at radius 2 is 1.80 bits per heavy atom. The molecule has 4 nitrogen and oxygen atoms in total. The van der Waals surface area contributed by atoms with Crippen LogP contribution in [0.3, 0.4) is 0 Å². The number of nitrogens with zero attached hydrogens (tertiary/aromatic N) is 1. The van der Waals surface area contributed by atoms with Crippen LogP contribution in [0.4, 0.5) is 0 Å². The number of sulfonamides is 1. The summed E-state index contributed by atoms with van der Waals surface area (Å²) in [6.07, 6.45) is 4.89. The van der Waals surface area contributed by atoms with Crippen molar-refractivity contribution < 1.29 is 8.42 Å². The molecule has 0 heterocycles. The molecule has 5 heteroatoms. The maximum absolute atomic E-state index is 11.6. The lowest BCUT2D eigenvalue weighted by molar-refractivity contribution is 0.163. The molecule has 1 aromatic carbocycles. The van der Waals surface area contributed by atoms with Crippen LogP contribution in [-0.4, -0.2) is 26.4 Å². The van der Waals surface area contributed by atoms with Gasteiger partial charge < -0.3 is 0 Å². The van der Waals surface area contributed by atoms with Crippen LogP contribution in [0.2, 0.25) is 0 Å². The third-order valence-electron chi connectivity index (χ3n) is 4.31. The molecule has 1 saturated carbocycles. The van der Waals surface area contributed by atoms with Gasteiger partial charge >= 0.3 is 0 Å². The highest BCUT2D eigenvalue weighted by Crippen LogP contribution is 2.27. The van der Waals surface area contributed by atoms with Crippen LogP contribution in [0.15, 0.2) is 29.2 Å². The molecule has 0 aliphatic heterocycles. The zero-order valence-corrected chi connectivity index (χ0v) is 13.1. The Morgan fingerprint density at radius 3 is 2.40 bits per heavy atom. The zero-order valence-electron chi connectivity index (χ0n) is 12.2. The van der Waals surface area contributed by atoms with Crippen molar-refractivity contribution in [2.45, 2.75) is 50.1 Å². The summed E-state index contributed by atoms with van der Waals surface area (Å²) in [6.45, 7) is 2.93. The standard InChI is InChI=1S/C15H24N2O2S/c1-12-7-9-14(10-8-12)17(2)11-13-5-3-4-6-15(13)20(16,18)19/h3-6,12,14H,7-11H2,1-2H3,(H2,16,18,19). The van der Waals surface area contributed by atoms with E-state index >= 15 is 0 Å². The van der Waals surface area contributed by atoms with E-state index in [4.69, 9.17) is 5.14 Å². The highest BCUT2D eigenvalue weighted by molar-refractivity contribution is 7.89. The Hall–Kier alpha value is -0.910. The summed E-state index contributed by atoms with van der Waals surface area (Å²) >= 11 is 0. The van der Waals surface area contributed by atoms with Crippen molar-refractivity contribution in [3.05, 3.63) is 29.8 Å². The highest BCUT2D eigenvalue weighted by atomic mass is 32.2. The monoisotopic (exact) mass is 296 g/mol. The van der Waals surface area contributed by atoms with Crippen LogP contribution < -0.4 is 5.14 Å². The van der Waals surface area contributed by atoms with Gasteiger partial charge in [-0.05, 0) is 50.3 Å². The Morgan fingerprint density at radius 1 is 1.20 bits per heavy atom. The Bertz CT molecular complexity index is 549. The summed E-state index contributed by atoms with van der Waals surface area (Å²) in [6, 6.07) is 7.55. The molecule has 0 bridgehead atoms. The van der Waals surface area contributed by atoms with E-state index in [1.165, 1.54) is 25.7 Å². The second-order valence-electron chi connectivity index (χ2n) is 5.98. The molecule has 2 rings (SSSR count). The van der Waals surface area contributed by atoms with Gasteiger partial charge in [-0.1, -0.05) is 25.1 Å². The molecular formula is C15H24N2O2S. The van der Waals surface area contributed by atoms with E-state index in [1.807, 2.05) is 12.1 Å². The summed E-state index contributed by atoms with van der Waals surface area (Å²) < 4.78 is 23.2.